The van der Waals surface area contributed by atoms with E-state index in [4.69, 9.17) is 4.74 Å². The van der Waals surface area contributed by atoms with E-state index in [2.05, 4.69) is 37.3 Å². The minimum Gasteiger partial charge on any atom is -0.484 e. The summed E-state index contributed by atoms with van der Waals surface area (Å²) >= 11 is 1.71. The minimum absolute atomic E-state index is 0.732. The third-order valence-electron chi connectivity index (χ3n) is 2.21. The molecule has 0 amide bonds. The van der Waals surface area contributed by atoms with Crippen molar-refractivity contribution >= 4 is 11.3 Å². The first kappa shape index (κ1) is 10.2. The quantitative estimate of drug-likeness (QED) is 0.753. The highest BCUT2D eigenvalue weighted by Gasteiger charge is 2.07. The van der Waals surface area contributed by atoms with Gasteiger partial charge in [-0.3, -0.25) is 0 Å². The van der Waals surface area contributed by atoms with Crippen molar-refractivity contribution in [2.45, 2.75) is 13.8 Å². The van der Waals surface area contributed by atoms with Crippen molar-refractivity contribution in [3.05, 3.63) is 42.0 Å². The van der Waals surface area contributed by atoms with E-state index in [0.717, 1.165) is 11.7 Å². The lowest BCUT2D eigenvalue weighted by atomic mass is 10.2. The van der Waals surface area contributed by atoms with Gasteiger partial charge < -0.3 is 4.74 Å². The number of ether oxygens (including phenoxy) is 1. The van der Waals surface area contributed by atoms with Gasteiger partial charge in [-0.25, -0.2) is 0 Å². The van der Waals surface area contributed by atoms with Crippen LogP contribution in [0.1, 0.15) is 12.5 Å². The van der Waals surface area contributed by atoms with Crippen molar-refractivity contribution in [2.24, 2.45) is 0 Å². The molecule has 0 unspecified atom stereocenters. The average molecular weight is 218 g/mol. The van der Waals surface area contributed by atoms with Crippen LogP contribution in [-0.4, -0.2) is 6.61 Å². The smallest absolute Gasteiger partial charge is 0.177 e. The first-order valence-electron chi connectivity index (χ1n) is 5.10. The summed E-state index contributed by atoms with van der Waals surface area (Å²) in [5, 5.41) is 1.04. The van der Waals surface area contributed by atoms with Gasteiger partial charge in [-0.2, -0.15) is 0 Å². The van der Waals surface area contributed by atoms with Gasteiger partial charge in [-0.15, -0.1) is 0 Å². The summed E-state index contributed by atoms with van der Waals surface area (Å²) in [5.74, 6) is 0. The standard InChI is InChI=1S/C13H14OS/c1-3-14-13-10(2)9-12(15-13)11-7-5-4-6-8-11/h4-9H,3H2,1-2H3. The van der Waals surface area contributed by atoms with Gasteiger partial charge in [0.1, 0.15) is 0 Å². The fourth-order valence-corrected chi connectivity index (χ4v) is 2.57. The van der Waals surface area contributed by atoms with E-state index in [1.54, 1.807) is 11.3 Å². The highest BCUT2D eigenvalue weighted by Crippen LogP contribution is 2.36. The van der Waals surface area contributed by atoms with Crippen molar-refractivity contribution in [1.82, 2.24) is 0 Å². The first-order valence-corrected chi connectivity index (χ1v) is 5.91. The topological polar surface area (TPSA) is 9.23 Å². The van der Waals surface area contributed by atoms with Crippen molar-refractivity contribution in [2.75, 3.05) is 6.61 Å². The maximum Gasteiger partial charge on any atom is 0.177 e. The Bertz CT molecular complexity index is 431. The molecule has 0 saturated carbocycles. The fraction of sp³-hybridized carbons (Fsp3) is 0.231. The molecule has 0 radical (unpaired) electrons. The number of thiophene rings is 1. The van der Waals surface area contributed by atoms with Crippen LogP contribution in [0.4, 0.5) is 0 Å². The predicted octanol–water partition coefficient (Wildman–Crippen LogP) is 4.12. The van der Waals surface area contributed by atoms with Gasteiger partial charge in [0, 0.05) is 10.4 Å². The van der Waals surface area contributed by atoms with Crippen LogP contribution in [0.15, 0.2) is 36.4 Å². The Hall–Kier alpha value is -1.28. The summed E-state index contributed by atoms with van der Waals surface area (Å²) in [6.07, 6.45) is 0. The van der Waals surface area contributed by atoms with Gasteiger partial charge in [0.25, 0.3) is 0 Å². The second-order valence-corrected chi connectivity index (χ2v) is 4.39. The zero-order chi connectivity index (χ0) is 10.7. The lowest BCUT2D eigenvalue weighted by Crippen LogP contribution is -1.88. The van der Waals surface area contributed by atoms with Crippen LogP contribution in [0.25, 0.3) is 10.4 Å². The zero-order valence-electron chi connectivity index (χ0n) is 8.99. The SMILES string of the molecule is CCOc1sc(-c2ccccc2)cc1C. The van der Waals surface area contributed by atoms with E-state index in [0.29, 0.717) is 0 Å². The van der Waals surface area contributed by atoms with Crippen molar-refractivity contribution in [3.8, 4) is 15.5 Å². The van der Waals surface area contributed by atoms with Crippen LogP contribution in [0, 0.1) is 6.92 Å². The van der Waals surface area contributed by atoms with Gasteiger partial charge in [-0.05, 0) is 25.5 Å². The number of hydrogen-bond donors (Lipinski definition) is 0. The molecule has 0 atom stereocenters. The molecule has 0 aliphatic heterocycles. The average Bonchev–Trinajstić information content (AvgIpc) is 2.63. The zero-order valence-corrected chi connectivity index (χ0v) is 9.80. The molecule has 15 heavy (non-hydrogen) atoms. The Kier molecular flexibility index (Phi) is 3.07. The molecule has 78 valence electrons. The molecule has 1 aromatic heterocycles. The molecule has 1 heterocycles. The molecule has 0 fully saturated rings. The van der Waals surface area contributed by atoms with Crippen molar-refractivity contribution in [1.29, 1.82) is 0 Å². The van der Waals surface area contributed by atoms with E-state index >= 15 is 0 Å². The summed E-state index contributed by atoms with van der Waals surface area (Å²) < 4.78 is 5.56. The van der Waals surface area contributed by atoms with E-state index in [9.17, 15) is 0 Å². The molecular formula is C13H14OS. The molecule has 0 N–H and O–H groups in total. The Morgan fingerprint density at radius 1 is 1.20 bits per heavy atom. The normalized spacial score (nSPS) is 10.3. The molecule has 2 aromatic rings. The van der Waals surface area contributed by atoms with Crippen molar-refractivity contribution in [3.63, 3.8) is 0 Å². The maximum absolute atomic E-state index is 5.56. The largest absolute Gasteiger partial charge is 0.484 e. The van der Waals surface area contributed by atoms with Crippen LogP contribution >= 0.6 is 11.3 Å². The lowest BCUT2D eigenvalue weighted by Gasteiger charge is -1.98. The van der Waals surface area contributed by atoms with Crippen molar-refractivity contribution < 1.29 is 4.74 Å². The van der Waals surface area contributed by atoms with Gasteiger partial charge in [0.2, 0.25) is 0 Å². The molecule has 2 rings (SSSR count). The second-order valence-electron chi connectivity index (χ2n) is 3.38. The van der Waals surface area contributed by atoms with Crippen LogP contribution in [0.3, 0.4) is 0 Å². The van der Waals surface area contributed by atoms with Crippen LogP contribution in [-0.2, 0) is 0 Å². The summed E-state index contributed by atoms with van der Waals surface area (Å²) in [6, 6.07) is 12.6. The van der Waals surface area contributed by atoms with E-state index in [1.165, 1.54) is 16.0 Å². The van der Waals surface area contributed by atoms with Crippen LogP contribution in [0.2, 0.25) is 0 Å². The van der Waals surface area contributed by atoms with Crippen LogP contribution < -0.4 is 4.74 Å². The number of benzene rings is 1. The molecule has 0 saturated heterocycles. The molecule has 1 nitrogen and oxygen atoms in total. The Balaban J connectivity index is 2.34. The van der Waals surface area contributed by atoms with Gasteiger partial charge in [0.05, 0.1) is 6.61 Å². The molecule has 0 aliphatic rings. The predicted molar refractivity (Wildman–Crippen MR) is 65.7 cm³/mol. The van der Waals surface area contributed by atoms with Crippen LogP contribution in [0.5, 0.6) is 5.06 Å². The Morgan fingerprint density at radius 3 is 2.60 bits per heavy atom. The van der Waals surface area contributed by atoms with E-state index in [-0.39, 0.29) is 0 Å². The molecule has 0 bridgehead atoms. The second kappa shape index (κ2) is 4.49. The van der Waals surface area contributed by atoms with Gasteiger partial charge >= 0.3 is 0 Å². The molecular weight excluding hydrogens is 204 g/mol. The Labute approximate surface area is 94.3 Å². The molecule has 0 spiro atoms. The minimum atomic E-state index is 0.732. The van der Waals surface area contributed by atoms with E-state index < -0.39 is 0 Å². The summed E-state index contributed by atoms with van der Waals surface area (Å²) in [5.41, 5.74) is 2.48. The summed E-state index contributed by atoms with van der Waals surface area (Å²) in [6.45, 7) is 4.84. The third kappa shape index (κ3) is 2.21. The fourth-order valence-electron chi connectivity index (χ4n) is 1.48. The number of aryl methyl sites for hydroxylation is 1. The maximum atomic E-state index is 5.56. The molecule has 2 heteroatoms. The summed E-state index contributed by atoms with van der Waals surface area (Å²) in [4.78, 5) is 1.27. The first-order chi connectivity index (χ1) is 7.31. The van der Waals surface area contributed by atoms with E-state index in [1.807, 2.05) is 13.0 Å². The highest BCUT2D eigenvalue weighted by atomic mass is 32.1. The monoisotopic (exact) mass is 218 g/mol. The van der Waals surface area contributed by atoms with Gasteiger partial charge in [-0.1, -0.05) is 41.7 Å². The highest BCUT2D eigenvalue weighted by molar-refractivity contribution is 7.17. The number of hydrogen-bond acceptors (Lipinski definition) is 2. The third-order valence-corrected chi connectivity index (χ3v) is 3.40. The lowest BCUT2D eigenvalue weighted by molar-refractivity contribution is 0.348. The Morgan fingerprint density at radius 2 is 1.93 bits per heavy atom. The molecule has 1 aromatic carbocycles. The van der Waals surface area contributed by atoms with Gasteiger partial charge in [0.15, 0.2) is 5.06 Å². The summed E-state index contributed by atoms with van der Waals surface area (Å²) in [7, 11) is 0. The number of rotatable bonds is 3. The molecule has 0 aliphatic carbocycles.